The van der Waals surface area contributed by atoms with Crippen LogP contribution in [0.5, 0.6) is 0 Å². The van der Waals surface area contributed by atoms with E-state index in [0.29, 0.717) is 29.5 Å². The summed E-state index contributed by atoms with van der Waals surface area (Å²) in [7, 11) is 0. The number of nitrogens with zero attached hydrogens (tertiary/aromatic N) is 1. The van der Waals surface area contributed by atoms with Crippen LogP contribution in [0, 0.1) is 11.3 Å². The fourth-order valence-corrected chi connectivity index (χ4v) is 6.94. The fraction of sp³-hybridized carbons (Fsp3) is 0.500. The number of aryl methyl sites for hydroxylation is 1. The van der Waals surface area contributed by atoms with Gasteiger partial charge in [-0.1, -0.05) is 64.4 Å². The van der Waals surface area contributed by atoms with Crippen LogP contribution in [0.25, 0.3) is 0 Å². The van der Waals surface area contributed by atoms with E-state index in [-0.39, 0.29) is 22.6 Å². The summed E-state index contributed by atoms with van der Waals surface area (Å²) in [6, 6.07) is 14.4. The number of benzene rings is 2. The van der Waals surface area contributed by atoms with Crippen molar-refractivity contribution in [3.63, 3.8) is 0 Å². The van der Waals surface area contributed by atoms with E-state index in [4.69, 9.17) is 0 Å². The van der Waals surface area contributed by atoms with E-state index in [9.17, 15) is 9.59 Å². The van der Waals surface area contributed by atoms with Crippen LogP contribution in [0.2, 0.25) is 0 Å². The molecule has 1 heterocycles. The van der Waals surface area contributed by atoms with Gasteiger partial charge in [0.15, 0.2) is 0 Å². The summed E-state index contributed by atoms with van der Waals surface area (Å²) in [6.07, 6.45) is 5.61. The van der Waals surface area contributed by atoms with Crippen LogP contribution in [-0.4, -0.2) is 23.3 Å². The Balaban J connectivity index is 1.48. The molecule has 0 unspecified atom stereocenters. The van der Waals surface area contributed by atoms with Crippen molar-refractivity contribution in [2.45, 2.75) is 71.1 Å². The van der Waals surface area contributed by atoms with Crippen molar-refractivity contribution >= 4 is 11.8 Å². The molecule has 0 aromatic heterocycles. The molecule has 31 heavy (non-hydrogen) atoms. The van der Waals surface area contributed by atoms with Crippen molar-refractivity contribution in [1.82, 2.24) is 4.90 Å². The predicted molar refractivity (Wildman–Crippen MR) is 123 cm³/mol. The van der Waals surface area contributed by atoms with Crippen LogP contribution in [-0.2, 0) is 11.8 Å². The highest BCUT2D eigenvalue weighted by Crippen LogP contribution is 2.57. The number of rotatable bonds is 3. The molecule has 2 aromatic rings. The van der Waals surface area contributed by atoms with Crippen LogP contribution in [0.15, 0.2) is 42.5 Å². The Labute approximate surface area is 185 Å². The number of carbonyl (C=O) groups is 2. The standard InChI is InChI=1S/C28H33NO2/c1-18(2)19-10-12-23-20(16-19)11-13-24-27(3,14-7-15-28(23,24)4)17-29-25(30)21-8-5-6-9-22(21)26(29)31/h5-6,8-10,12,16,18,24H,7,11,13-15,17H2,1-4H3/t24-,27-,28+/m1/s1. The second-order valence-corrected chi connectivity index (χ2v) is 10.8. The Kier molecular flexibility index (Phi) is 4.66. The zero-order valence-electron chi connectivity index (χ0n) is 19.2. The summed E-state index contributed by atoms with van der Waals surface area (Å²) >= 11 is 0. The molecule has 3 atom stereocenters. The molecule has 1 aliphatic heterocycles. The summed E-state index contributed by atoms with van der Waals surface area (Å²) in [4.78, 5) is 27.7. The van der Waals surface area contributed by atoms with Crippen LogP contribution >= 0.6 is 0 Å². The third-order valence-electron chi connectivity index (χ3n) is 8.57. The quantitative estimate of drug-likeness (QED) is 0.567. The minimum absolute atomic E-state index is 0.0607. The van der Waals surface area contributed by atoms with E-state index in [2.05, 4.69) is 45.9 Å². The lowest BCUT2D eigenvalue weighted by Crippen LogP contribution is -2.54. The normalized spacial score (nSPS) is 29.7. The topological polar surface area (TPSA) is 37.4 Å². The van der Waals surface area contributed by atoms with Gasteiger partial charge in [0.2, 0.25) is 0 Å². The first-order valence-electron chi connectivity index (χ1n) is 11.8. The zero-order chi connectivity index (χ0) is 22.0. The Bertz CT molecular complexity index is 1040. The molecule has 3 nitrogen and oxygen atoms in total. The molecule has 2 aliphatic carbocycles. The van der Waals surface area contributed by atoms with Crippen LogP contribution in [0.1, 0.15) is 96.7 Å². The molecular formula is C28H33NO2. The summed E-state index contributed by atoms with van der Waals surface area (Å²) in [6.45, 7) is 9.80. The zero-order valence-corrected chi connectivity index (χ0v) is 19.2. The molecule has 5 rings (SSSR count). The third kappa shape index (κ3) is 3.00. The maximum atomic E-state index is 13.1. The molecule has 1 fully saturated rings. The minimum atomic E-state index is -0.119. The summed E-state index contributed by atoms with van der Waals surface area (Å²) in [5, 5.41) is 0. The molecule has 162 valence electrons. The predicted octanol–water partition coefficient (Wildman–Crippen LogP) is 6.12. The van der Waals surface area contributed by atoms with Gasteiger partial charge in [-0.3, -0.25) is 14.5 Å². The first kappa shape index (κ1) is 20.5. The average molecular weight is 416 g/mol. The van der Waals surface area contributed by atoms with Crippen LogP contribution in [0.4, 0.5) is 0 Å². The van der Waals surface area contributed by atoms with E-state index in [1.165, 1.54) is 28.0 Å². The maximum absolute atomic E-state index is 13.1. The van der Waals surface area contributed by atoms with Crippen LogP contribution in [0.3, 0.4) is 0 Å². The number of carbonyl (C=O) groups excluding carboxylic acids is 2. The van der Waals surface area contributed by atoms with Crippen molar-refractivity contribution in [2.24, 2.45) is 11.3 Å². The molecule has 2 aromatic carbocycles. The number of hydrogen-bond acceptors (Lipinski definition) is 2. The smallest absolute Gasteiger partial charge is 0.261 e. The Morgan fingerprint density at radius 1 is 1.00 bits per heavy atom. The summed E-state index contributed by atoms with van der Waals surface area (Å²) in [5.74, 6) is 0.774. The Morgan fingerprint density at radius 2 is 1.68 bits per heavy atom. The van der Waals surface area contributed by atoms with Gasteiger partial charge in [0.1, 0.15) is 0 Å². The van der Waals surface area contributed by atoms with Gasteiger partial charge < -0.3 is 0 Å². The fourth-order valence-electron chi connectivity index (χ4n) is 6.94. The lowest BCUT2D eigenvalue weighted by molar-refractivity contribution is 0.00196. The largest absolute Gasteiger partial charge is 0.274 e. The second-order valence-electron chi connectivity index (χ2n) is 10.8. The van der Waals surface area contributed by atoms with Crippen molar-refractivity contribution in [3.8, 4) is 0 Å². The van der Waals surface area contributed by atoms with Gasteiger partial charge in [-0.05, 0) is 77.2 Å². The molecule has 0 bridgehead atoms. The number of fused-ring (bicyclic) bond motifs is 4. The molecule has 2 amide bonds. The summed E-state index contributed by atoms with van der Waals surface area (Å²) in [5.41, 5.74) is 5.60. The van der Waals surface area contributed by atoms with Gasteiger partial charge in [-0.25, -0.2) is 0 Å². The van der Waals surface area contributed by atoms with Gasteiger partial charge in [0.05, 0.1) is 11.1 Å². The SMILES string of the molecule is CC(C)c1ccc2c(c1)CC[C@@H]1[C@@](C)(CN3C(=O)c4ccccc4C3=O)CCC[C@@]21C. The second kappa shape index (κ2) is 7.05. The highest BCUT2D eigenvalue weighted by Gasteiger charge is 2.53. The van der Waals surface area contributed by atoms with Gasteiger partial charge in [0.25, 0.3) is 11.8 Å². The van der Waals surface area contributed by atoms with Crippen molar-refractivity contribution in [3.05, 3.63) is 70.3 Å². The molecule has 3 heteroatoms. The maximum Gasteiger partial charge on any atom is 0.261 e. The first-order valence-corrected chi connectivity index (χ1v) is 11.8. The van der Waals surface area contributed by atoms with Crippen LogP contribution < -0.4 is 0 Å². The lowest BCUT2D eigenvalue weighted by atomic mass is 9.49. The molecule has 0 radical (unpaired) electrons. The molecule has 3 aliphatic rings. The Hall–Kier alpha value is -2.42. The molecule has 0 saturated heterocycles. The summed E-state index contributed by atoms with van der Waals surface area (Å²) < 4.78 is 0. The highest BCUT2D eigenvalue weighted by atomic mass is 16.2. The van der Waals surface area contributed by atoms with Crippen molar-refractivity contribution in [2.75, 3.05) is 6.54 Å². The van der Waals surface area contributed by atoms with Gasteiger partial charge in [0, 0.05) is 6.54 Å². The van der Waals surface area contributed by atoms with Gasteiger partial charge >= 0.3 is 0 Å². The number of amides is 2. The molecule has 1 saturated carbocycles. The molecule has 0 N–H and O–H groups in total. The third-order valence-corrected chi connectivity index (χ3v) is 8.57. The molecule has 0 spiro atoms. The van der Waals surface area contributed by atoms with Crippen molar-refractivity contribution < 1.29 is 9.59 Å². The lowest BCUT2D eigenvalue weighted by Gasteiger charge is -2.56. The molecular weight excluding hydrogens is 382 g/mol. The minimum Gasteiger partial charge on any atom is -0.274 e. The van der Waals surface area contributed by atoms with Gasteiger partial charge in [-0.15, -0.1) is 0 Å². The van der Waals surface area contributed by atoms with E-state index in [1.54, 1.807) is 12.1 Å². The highest BCUT2D eigenvalue weighted by molar-refractivity contribution is 6.21. The number of imide groups is 1. The van der Waals surface area contributed by atoms with E-state index >= 15 is 0 Å². The number of hydrogen-bond donors (Lipinski definition) is 0. The van der Waals surface area contributed by atoms with E-state index in [0.717, 1.165) is 25.7 Å². The monoisotopic (exact) mass is 415 g/mol. The van der Waals surface area contributed by atoms with E-state index in [1.807, 2.05) is 12.1 Å². The van der Waals surface area contributed by atoms with Gasteiger partial charge in [-0.2, -0.15) is 0 Å². The van der Waals surface area contributed by atoms with E-state index < -0.39 is 0 Å². The Morgan fingerprint density at radius 3 is 2.32 bits per heavy atom. The first-order chi connectivity index (χ1) is 14.7. The average Bonchev–Trinajstić information content (AvgIpc) is 2.98. The van der Waals surface area contributed by atoms with Crippen molar-refractivity contribution in [1.29, 1.82) is 0 Å².